The molecule has 1 aromatic heterocycles. The van der Waals surface area contributed by atoms with Gasteiger partial charge in [0.05, 0.1) is 10.9 Å². The highest BCUT2D eigenvalue weighted by Gasteiger charge is 2.03. The number of aryl methyl sites for hydroxylation is 1. The number of fused-ring (bicyclic) bond motifs is 1. The summed E-state index contributed by atoms with van der Waals surface area (Å²) < 4.78 is 0.934. The third kappa shape index (κ3) is 1.46. The Balaban J connectivity index is 3.03. The molecule has 0 unspecified atom stereocenters. The fourth-order valence-electron chi connectivity index (χ4n) is 1.27. The van der Waals surface area contributed by atoms with Crippen LogP contribution in [0.15, 0.2) is 23.0 Å². The van der Waals surface area contributed by atoms with Crippen LogP contribution in [0.25, 0.3) is 10.9 Å². The van der Waals surface area contributed by atoms with Crippen LogP contribution in [0, 0.1) is 10.5 Å². The number of halogens is 1. The highest BCUT2D eigenvalue weighted by molar-refractivity contribution is 14.1. The smallest absolute Gasteiger partial charge is 0.259 e. The first-order valence-corrected chi connectivity index (χ1v) is 4.91. The molecule has 0 fully saturated rings. The fourth-order valence-corrected chi connectivity index (χ4v) is 1.99. The van der Waals surface area contributed by atoms with E-state index < -0.39 is 0 Å². The number of rotatable bonds is 0. The van der Waals surface area contributed by atoms with Gasteiger partial charge < -0.3 is 4.98 Å². The second kappa shape index (κ2) is 3.10. The lowest BCUT2D eigenvalue weighted by Gasteiger charge is -1.99. The van der Waals surface area contributed by atoms with Gasteiger partial charge in [0.2, 0.25) is 0 Å². The first-order valence-electron chi connectivity index (χ1n) is 3.83. The van der Waals surface area contributed by atoms with Gasteiger partial charge in [0.15, 0.2) is 0 Å². The molecule has 0 radical (unpaired) electrons. The molecule has 1 N–H and O–H groups in total. The molecule has 13 heavy (non-hydrogen) atoms. The van der Waals surface area contributed by atoms with E-state index in [0.717, 1.165) is 9.09 Å². The number of nitrogens with zero attached hydrogens (tertiary/aromatic N) is 1. The first-order chi connectivity index (χ1) is 6.18. The molecule has 0 aliphatic carbocycles. The number of hydrogen-bond acceptors (Lipinski definition) is 2. The summed E-state index contributed by atoms with van der Waals surface area (Å²) in [6, 6.07) is 5.64. The molecule has 0 saturated carbocycles. The molecule has 3 nitrogen and oxygen atoms in total. The number of hydrogen-bond donors (Lipinski definition) is 1. The molecule has 0 atom stereocenters. The van der Waals surface area contributed by atoms with Gasteiger partial charge in [-0.2, -0.15) is 0 Å². The van der Waals surface area contributed by atoms with Crippen LogP contribution in [0.2, 0.25) is 0 Å². The largest absolute Gasteiger partial charge is 0.310 e. The van der Waals surface area contributed by atoms with E-state index in [1.54, 1.807) is 6.92 Å². The van der Waals surface area contributed by atoms with Gasteiger partial charge in [-0.15, -0.1) is 0 Å². The Kier molecular flexibility index (Phi) is 2.07. The lowest BCUT2D eigenvalue weighted by molar-refractivity contribution is 1.06. The van der Waals surface area contributed by atoms with Crippen molar-refractivity contribution in [3.05, 3.63) is 37.9 Å². The monoisotopic (exact) mass is 286 g/mol. The van der Waals surface area contributed by atoms with Gasteiger partial charge in [-0.3, -0.25) is 4.79 Å². The minimum absolute atomic E-state index is 0.0625. The van der Waals surface area contributed by atoms with E-state index in [1.165, 1.54) is 0 Å². The van der Waals surface area contributed by atoms with Crippen LogP contribution >= 0.6 is 22.6 Å². The van der Waals surface area contributed by atoms with Crippen LogP contribution in [0.1, 0.15) is 5.82 Å². The van der Waals surface area contributed by atoms with E-state index >= 15 is 0 Å². The normalized spacial score (nSPS) is 10.6. The number of H-pyrrole nitrogens is 1. The van der Waals surface area contributed by atoms with E-state index in [9.17, 15) is 4.79 Å². The van der Waals surface area contributed by atoms with Gasteiger partial charge in [-0.05, 0) is 41.6 Å². The minimum Gasteiger partial charge on any atom is -0.310 e. The van der Waals surface area contributed by atoms with Crippen molar-refractivity contribution in [1.82, 2.24) is 9.97 Å². The summed E-state index contributed by atoms with van der Waals surface area (Å²) in [6.07, 6.45) is 0. The van der Waals surface area contributed by atoms with Crippen LogP contribution < -0.4 is 5.56 Å². The fraction of sp³-hybridized carbons (Fsp3) is 0.111. The third-order valence-corrected chi connectivity index (χ3v) is 2.70. The molecular formula is C9H7IN2O. The minimum atomic E-state index is -0.0625. The Morgan fingerprint density at radius 2 is 2.23 bits per heavy atom. The molecule has 0 bridgehead atoms. The number of benzene rings is 1. The number of aromatic nitrogens is 2. The zero-order chi connectivity index (χ0) is 9.42. The second-order valence-corrected chi connectivity index (χ2v) is 3.95. The van der Waals surface area contributed by atoms with Crippen LogP contribution in [0.5, 0.6) is 0 Å². The van der Waals surface area contributed by atoms with Crippen molar-refractivity contribution in [2.45, 2.75) is 6.92 Å². The summed E-state index contributed by atoms with van der Waals surface area (Å²) >= 11 is 2.14. The Morgan fingerprint density at radius 1 is 1.46 bits per heavy atom. The zero-order valence-corrected chi connectivity index (χ0v) is 9.12. The summed E-state index contributed by atoms with van der Waals surface area (Å²) in [4.78, 5) is 18.4. The summed E-state index contributed by atoms with van der Waals surface area (Å²) in [5, 5.41) is 0.675. The van der Waals surface area contributed by atoms with Crippen LogP contribution in [0.4, 0.5) is 0 Å². The predicted molar refractivity (Wildman–Crippen MR) is 59.8 cm³/mol. The van der Waals surface area contributed by atoms with Crippen LogP contribution in [-0.4, -0.2) is 9.97 Å². The Hall–Kier alpha value is -0.910. The first kappa shape index (κ1) is 8.68. The van der Waals surface area contributed by atoms with Gasteiger partial charge in [-0.1, -0.05) is 6.07 Å². The van der Waals surface area contributed by atoms with Gasteiger partial charge in [0.1, 0.15) is 5.82 Å². The zero-order valence-electron chi connectivity index (χ0n) is 6.97. The summed E-state index contributed by atoms with van der Waals surface area (Å²) in [6.45, 7) is 1.78. The summed E-state index contributed by atoms with van der Waals surface area (Å²) in [5.74, 6) is 0.652. The second-order valence-electron chi connectivity index (χ2n) is 2.79. The van der Waals surface area contributed by atoms with Crippen molar-refractivity contribution in [1.29, 1.82) is 0 Å². The lowest BCUT2D eigenvalue weighted by Crippen LogP contribution is -2.10. The van der Waals surface area contributed by atoms with E-state index in [2.05, 4.69) is 32.6 Å². The van der Waals surface area contributed by atoms with Crippen LogP contribution in [-0.2, 0) is 0 Å². The highest BCUT2D eigenvalue weighted by Crippen LogP contribution is 2.14. The van der Waals surface area contributed by atoms with Crippen LogP contribution in [0.3, 0.4) is 0 Å². The third-order valence-electron chi connectivity index (χ3n) is 1.80. The van der Waals surface area contributed by atoms with Crippen molar-refractivity contribution in [2.24, 2.45) is 0 Å². The SMILES string of the molecule is Cc1nc2cccc(I)c2c(=O)[nH]1. The Labute approximate surface area is 88.3 Å². The summed E-state index contributed by atoms with van der Waals surface area (Å²) in [7, 11) is 0. The average Bonchev–Trinajstić information content (AvgIpc) is 2.02. The molecule has 66 valence electrons. The van der Waals surface area contributed by atoms with E-state index in [0.29, 0.717) is 11.2 Å². The predicted octanol–water partition coefficient (Wildman–Crippen LogP) is 1.84. The molecule has 2 rings (SSSR count). The van der Waals surface area contributed by atoms with E-state index in [-0.39, 0.29) is 5.56 Å². The maximum atomic E-state index is 11.5. The standard InChI is InChI=1S/C9H7IN2O/c1-5-11-7-4-2-3-6(10)8(7)9(13)12-5/h2-4H,1H3,(H,11,12,13). The number of aromatic amines is 1. The lowest BCUT2D eigenvalue weighted by atomic mass is 10.2. The molecule has 2 aromatic rings. The maximum absolute atomic E-state index is 11.5. The topological polar surface area (TPSA) is 45.8 Å². The maximum Gasteiger partial charge on any atom is 0.259 e. The van der Waals surface area contributed by atoms with E-state index in [4.69, 9.17) is 0 Å². The van der Waals surface area contributed by atoms with Crippen molar-refractivity contribution in [3.8, 4) is 0 Å². The Bertz CT molecular complexity index is 518. The average molecular weight is 286 g/mol. The molecule has 0 aliphatic heterocycles. The van der Waals surface area contributed by atoms with Crippen molar-refractivity contribution in [3.63, 3.8) is 0 Å². The van der Waals surface area contributed by atoms with Crippen molar-refractivity contribution >= 4 is 33.5 Å². The van der Waals surface area contributed by atoms with Gasteiger partial charge >= 0.3 is 0 Å². The highest BCUT2D eigenvalue weighted by atomic mass is 127. The quantitative estimate of drug-likeness (QED) is 0.751. The van der Waals surface area contributed by atoms with Crippen molar-refractivity contribution in [2.75, 3.05) is 0 Å². The number of nitrogens with one attached hydrogen (secondary N) is 1. The van der Waals surface area contributed by atoms with Gasteiger partial charge in [0.25, 0.3) is 5.56 Å². The molecule has 1 aromatic carbocycles. The molecule has 0 amide bonds. The van der Waals surface area contributed by atoms with Crippen molar-refractivity contribution < 1.29 is 0 Å². The summed E-state index contributed by atoms with van der Waals surface area (Å²) in [5.41, 5.74) is 0.695. The molecule has 4 heteroatoms. The Morgan fingerprint density at radius 3 is 3.00 bits per heavy atom. The molecule has 0 spiro atoms. The molecule has 0 saturated heterocycles. The van der Waals surface area contributed by atoms with Gasteiger partial charge in [-0.25, -0.2) is 4.98 Å². The van der Waals surface area contributed by atoms with E-state index in [1.807, 2.05) is 18.2 Å². The molecular weight excluding hydrogens is 279 g/mol. The molecule has 0 aliphatic rings. The van der Waals surface area contributed by atoms with Gasteiger partial charge in [0, 0.05) is 3.57 Å². The molecule has 1 heterocycles.